The molecule has 0 unspecified atom stereocenters. The third-order valence-corrected chi connectivity index (χ3v) is 4.20. The van der Waals surface area contributed by atoms with E-state index in [4.69, 9.17) is 19.7 Å². The van der Waals surface area contributed by atoms with Crippen LogP contribution in [0, 0.1) is 11.3 Å². The van der Waals surface area contributed by atoms with Crippen molar-refractivity contribution in [2.24, 2.45) is 0 Å². The minimum Gasteiger partial charge on any atom is -0.486 e. The highest BCUT2D eigenvalue weighted by atomic mass is 16.6. The average molecular weight is 319 g/mol. The van der Waals surface area contributed by atoms with E-state index in [1.165, 1.54) is 0 Å². The third-order valence-electron chi connectivity index (χ3n) is 4.20. The zero-order valence-electron chi connectivity index (χ0n) is 13.5. The fourth-order valence-electron chi connectivity index (χ4n) is 3.08. The van der Waals surface area contributed by atoms with E-state index in [1.807, 2.05) is 36.4 Å². The smallest absolute Gasteiger partial charge is 0.163 e. The Balaban J connectivity index is 1.82. The summed E-state index contributed by atoms with van der Waals surface area (Å²) in [6.45, 7) is 3.91. The van der Waals surface area contributed by atoms with E-state index in [0.29, 0.717) is 25.3 Å². The lowest BCUT2D eigenvalue weighted by Gasteiger charge is -2.18. The molecule has 0 aliphatic carbocycles. The second-order valence-electron chi connectivity index (χ2n) is 5.76. The number of hydrogen-bond acceptors (Lipinski definition) is 4. The van der Waals surface area contributed by atoms with E-state index in [9.17, 15) is 0 Å². The number of imidazole rings is 1. The van der Waals surface area contributed by atoms with E-state index < -0.39 is 0 Å². The minimum atomic E-state index is 0.567. The predicted molar refractivity (Wildman–Crippen MR) is 90.4 cm³/mol. The van der Waals surface area contributed by atoms with Gasteiger partial charge in [-0.1, -0.05) is 19.1 Å². The number of aryl methyl sites for hydroxylation is 1. The summed E-state index contributed by atoms with van der Waals surface area (Å²) in [6.07, 6.45) is 0.832. The van der Waals surface area contributed by atoms with Crippen LogP contribution in [-0.2, 0) is 13.0 Å². The van der Waals surface area contributed by atoms with Crippen LogP contribution < -0.4 is 9.47 Å². The van der Waals surface area contributed by atoms with Gasteiger partial charge in [0.05, 0.1) is 22.7 Å². The summed E-state index contributed by atoms with van der Waals surface area (Å²) in [6, 6.07) is 13.8. The highest BCUT2D eigenvalue weighted by Crippen LogP contribution is 2.35. The van der Waals surface area contributed by atoms with E-state index in [1.54, 1.807) is 0 Å². The molecule has 1 aromatic heterocycles. The number of rotatable bonds is 3. The van der Waals surface area contributed by atoms with Crippen molar-refractivity contribution in [1.29, 1.82) is 5.26 Å². The van der Waals surface area contributed by atoms with Crippen LogP contribution in [0.5, 0.6) is 11.5 Å². The first kappa shape index (κ1) is 14.6. The molecule has 120 valence electrons. The van der Waals surface area contributed by atoms with Gasteiger partial charge in [0.15, 0.2) is 11.5 Å². The second kappa shape index (κ2) is 5.89. The number of nitriles is 1. The van der Waals surface area contributed by atoms with Crippen molar-refractivity contribution in [2.75, 3.05) is 13.2 Å². The Morgan fingerprint density at radius 1 is 1.17 bits per heavy atom. The highest BCUT2D eigenvalue weighted by Gasteiger charge is 2.17. The van der Waals surface area contributed by atoms with Crippen LogP contribution in [0.15, 0.2) is 36.4 Å². The number of aromatic nitrogens is 2. The van der Waals surface area contributed by atoms with Crippen molar-refractivity contribution in [3.8, 4) is 17.6 Å². The van der Waals surface area contributed by atoms with Gasteiger partial charge in [0, 0.05) is 25.1 Å². The number of ether oxygens (including phenoxy) is 2. The van der Waals surface area contributed by atoms with Gasteiger partial charge in [-0.25, -0.2) is 4.98 Å². The lowest BCUT2D eigenvalue weighted by Crippen LogP contribution is -2.15. The lowest BCUT2D eigenvalue weighted by molar-refractivity contribution is 0.172. The van der Waals surface area contributed by atoms with Gasteiger partial charge in [-0.15, -0.1) is 0 Å². The molecule has 2 heterocycles. The molecule has 5 nitrogen and oxygen atoms in total. The molecule has 1 aliphatic heterocycles. The zero-order valence-corrected chi connectivity index (χ0v) is 13.5. The summed E-state index contributed by atoms with van der Waals surface area (Å²) in [5.41, 5.74) is 3.69. The number of hydrogen-bond donors (Lipinski definition) is 0. The molecule has 0 atom stereocenters. The molecular formula is C19H17N3O2. The fraction of sp³-hybridized carbons (Fsp3) is 0.263. The molecule has 3 aromatic rings. The van der Waals surface area contributed by atoms with Gasteiger partial charge in [-0.3, -0.25) is 0 Å². The van der Waals surface area contributed by atoms with Gasteiger partial charge in [-0.05, 0) is 17.7 Å². The topological polar surface area (TPSA) is 60.1 Å². The lowest BCUT2D eigenvalue weighted by atomic mass is 10.1. The summed E-state index contributed by atoms with van der Waals surface area (Å²) in [5, 5.41) is 9.09. The fourth-order valence-corrected chi connectivity index (χ4v) is 3.08. The molecule has 1 aliphatic rings. The predicted octanol–water partition coefficient (Wildman–Crippen LogP) is 3.29. The van der Waals surface area contributed by atoms with Gasteiger partial charge in [0.1, 0.15) is 19.0 Å². The van der Waals surface area contributed by atoms with Crippen molar-refractivity contribution < 1.29 is 9.47 Å². The van der Waals surface area contributed by atoms with E-state index in [-0.39, 0.29) is 0 Å². The number of nitrogens with zero attached hydrogens (tertiary/aromatic N) is 3. The molecule has 0 radical (unpaired) electrons. The van der Waals surface area contributed by atoms with Gasteiger partial charge < -0.3 is 14.0 Å². The summed E-state index contributed by atoms with van der Waals surface area (Å²) in [7, 11) is 0. The van der Waals surface area contributed by atoms with Crippen molar-refractivity contribution >= 4 is 11.0 Å². The zero-order chi connectivity index (χ0) is 16.5. The molecule has 0 saturated heterocycles. The van der Waals surface area contributed by atoms with Crippen molar-refractivity contribution in [2.45, 2.75) is 19.9 Å². The third kappa shape index (κ3) is 2.46. The summed E-state index contributed by atoms with van der Waals surface area (Å²) >= 11 is 0. The molecular weight excluding hydrogens is 302 g/mol. The molecule has 0 bridgehead atoms. The summed E-state index contributed by atoms with van der Waals surface area (Å²) < 4.78 is 13.5. The van der Waals surface area contributed by atoms with Crippen LogP contribution in [-0.4, -0.2) is 22.8 Å². The maximum Gasteiger partial charge on any atom is 0.163 e. The molecule has 5 heteroatoms. The molecule has 0 amide bonds. The minimum absolute atomic E-state index is 0.567. The van der Waals surface area contributed by atoms with Crippen LogP contribution in [0.3, 0.4) is 0 Å². The number of fused-ring (bicyclic) bond motifs is 2. The first-order chi connectivity index (χ1) is 11.8. The summed E-state index contributed by atoms with van der Waals surface area (Å²) in [5.74, 6) is 2.53. The van der Waals surface area contributed by atoms with Crippen molar-refractivity contribution in [3.63, 3.8) is 0 Å². The molecule has 2 aromatic carbocycles. The Bertz CT molecular complexity index is 953. The average Bonchev–Trinajstić information content (AvgIpc) is 2.96. The normalized spacial score (nSPS) is 13.0. The van der Waals surface area contributed by atoms with Crippen molar-refractivity contribution in [1.82, 2.24) is 9.55 Å². The van der Waals surface area contributed by atoms with Crippen LogP contribution in [0.2, 0.25) is 0 Å². The van der Waals surface area contributed by atoms with E-state index in [0.717, 1.165) is 40.3 Å². The maximum atomic E-state index is 9.09. The Morgan fingerprint density at radius 2 is 1.96 bits per heavy atom. The second-order valence-corrected chi connectivity index (χ2v) is 5.76. The monoisotopic (exact) mass is 319 g/mol. The molecule has 0 spiro atoms. The van der Waals surface area contributed by atoms with Crippen LogP contribution in [0.25, 0.3) is 11.0 Å². The maximum absolute atomic E-state index is 9.09. The molecule has 4 rings (SSSR count). The van der Waals surface area contributed by atoms with Crippen LogP contribution in [0.1, 0.15) is 23.9 Å². The Labute approximate surface area is 140 Å². The highest BCUT2D eigenvalue weighted by molar-refractivity contribution is 5.81. The quantitative estimate of drug-likeness (QED) is 0.743. The molecule has 0 fully saturated rings. The first-order valence-corrected chi connectivity index (χ1v) is 8.06. The largest absolute Gasteiger partial charge is 0.486 e. The van der Waals surface area contributed by atoms with Gasteiger partial charge in [0.25, 0.3) is 0 Å². The van der Waals surface area contributed by atoms with Gasteiger partial charge >= 0.3 is 0 Å². The van der Waals surface area contributed by atoms with Crippen LogP contribution >= 0.6 is 0 Å². The Hall–Kier alpha value is -3.00. The number of benzene rings is 2. The Kier molecular flexibility index (Phi) is 3.58. The Morgan fingerprint density at radius 3 is 2.71 bits per heavy atom. The summed E-state index contributed by atoms with van der Waals surface area (Å²) in [4.78, 5) is 4.74. The van der Waals surface area contributed by atoms with Crippen molar-refractivity contribution in [3.05, 3.63) is 53.3 Å². The first-order valence-electron chi connectivity index (χ1n) is 8.06. The van der Waals surface area contributed by atoms with E-state index >= 15 is 0 Å². The van der Waals surface area contributed by atoms with E-state index in [2.05, 4.69) is 17.6 Å². The SMILES string of the molecule is CCc1nc2cc3c(cc2n1Cc1cccc(C#N)c1)OCCO3. The van der Waals surface area contributed by atoms with Crippen LogP contribution in [0.4, 0.5) is 0 Å². The standard InChI is InChI=1S/C19H17N3O2/c1-2-19-21-15-9-17-18(24-7-6-23-17)10-16(15)22(19)12-14-5-3-4-13(8-14)11-20/h3-5,8-10H,2,6-7,12H2,1H3. The molecule has 24 heavy (non-hydrogen) atoms. The molecule has 0 N–H and O–H groups in total. The van der Waals surface area contributed by atoms with Gasteiger partial charge in [-0.2, -0.15) is 5.26 Å². The van der Waals surface area contributed by atoms with Gasteiger partial charge in [0.2, 0.25) is 0 Å². The molecule has 0 saturated carbocycles.